The fourth-order valence-electron chi connectivity index (χ4n) is 1.57. The molecule has 0 bridgehead atoms. The minimum Gasteiger partial charge on any atom is -0.484 e. The number of nitrogens with two attached hydrogens (primary N) is 1. The van der Waals surface area contributed by atoms with Gasteiger partial charge in [-0.15, -0.1) is 0 Å². The van der Waals surface area contributed by atoms with Gasteiger partial charge in [0.15, 0.2) is 6.61 Å². The Morgan fingerprint density at radius 1 is 1.37 bits per heavy atom. The van der Waals surface area contributed by atoms with Crippen LogP contribution in [0.1, 0.15) is 26.3 Å². The van der Waals surface area contributed by atoms with E-state index in [1.54, 1.807) is 0 Å². The molecule has 0 aromatic heterocycles. The molecule has 0 aliphatic heterocycles. The van der Waals surface area contributed by atoms with E-state index < -0.39 is 0 Å². The Labute approximate surface area is 115 Å². The van der Waals surface area contributed by atoms with Crippen LogP contribution in [0.4, 0.5) is 0 Å². The Morgan fingerprint density at radius 3 is 2.74 bits per heavy atom. The number of ether oxygens (including phenoxy) is 1. The van der Waals surface area contributed by atoms with E-state index in [-0.39, 0.29) is 18.6 Å². The molecule has 4 nitrogen and oxygen atoms in total. The molecule has 4 heteroatoms. The molecule has 0 saturated heterocycles. The molecule has 1 atom stereocenters. The summed E-state index contributed by atoms with van der Waals surface area (Å²) in [6, 6.07) is 7.83. The molecule has 1 unspecified atom stereocenters. The van der Waals surface area contributed by atoms with Crippen molar-refractivity contribution < 1.29 is 9.53 Å². The molecule has 0 heterocycles. The van der Waals surface area contributed by atoms with Crippen LogP contribution < -0.4 is 15.8 Å². The molecule has 1 rings (SSSR count). The highest BCUT2D eigenvalue weighted by atomic mass is 16.5. The summed E-state index contributed by atoms with van der Waals surface area (Å²) in [4.78, 5) is 11.7. The van der Waals surface area contributed by atoms with E-state index >= 15 is 0 Å². The summed E-state index contributed by atoms with van der Waals surface area (Å²) in [5.74, 6) is 1.03. The minimum atomic E-state index is -0.0922. The van der Waals surface area contributed by atoms with E-state index in [1.807, 2.05) is 31.2 Å². The topological polar surface area (TPSA) is 64.3 Å². The monoisotopic (exact) mass is 264 g/mol. The van der Waals surface area contributed by atoms with Gasteiger partial charge in [0.2, 0.25) is 0 Å². The summed E-state index contributed by atoms with van der Waals surface area (Å²) in [7, 11) is 0. The van der Waals surface area contributed by atoms with Crippen molar-refractivity contribution >= 4 is 5.91 Å². The van der Waals surface area contributed by atoms with Crippen molar-refractivity contribution in [3.63, 3.8) is 0 Å². The SMILES string of the molecule is CC(C)C(C)NC(=O)COc1cccc(CCN)c1. The molecule has 0 radical (unpaired) electrons. The Morgan fingerprint density at radius 2 is 2.11 bits per heavy atom. The molecule has 1 aromatic carbocycles. The van der Waals surface area contributed by atoms with Gasteiger partial charge in [-0.25, -0.2) is 0 Å². The normalized spacial score (nSPS) is 12.3. The van der Waals surface area contributed by atoms with Gasteiger partial charge in [0.05, 0.1) is 0 Å². The van der Waals surface area contributed by atoms with Gasteiger partial charge in [-0.2, -0.15) is 0 Å². The van der Waals surface area contributed by atoms with Crippen LogP contribution in [-0.2, 0) is 11.2 Å². The number of nitrogens with one attached hydrogen (secondary N) is 1. The predicted octanol–water partition coefficient (Wildman–Crippen LogP) is 1.73. The maximum absolute atomic E-state index is 11.7. The zero-order valence-electron chi connectivity index (χ0n) is 12.0. The first kappa shape index (κ1) is 15.5. The van der Waals surface area contributed by atoms with Crippen LogP contribution in [0.3, 0.4) is 0 Å². The molecule has 0 aliphatic rings. The number of hydrogen-bond donors (Lipinski definition) is 2. The lowest BCUT2D eigenvalue weighted by atomic mass is 10.1. The fraction of sp³-hybridized carbons (Fsp3) is 0.533. The number of amides is 1. The Kier molecular flexibility index (Phi) is 6.36. The van der Waals surface area contributed by atoms with Gasteiger partial charge < -0.3 is 15.8 Å². The van der Waals surface area contributed by atoms with Crippen LogP contribution in [-0.4, -0.2) is 25.1 Å². The fourth-order valence-corrected chi connectivity index (χ4v) is 1.57. The highest BCUT2D eigenvalue weighted by Gasteiger charge is 2.11. The zero-order valence-corrected chi connectivity index (χ0v) is 12.0. The molecular weight excluding hydrogens is 240 g/mol. The van der Waals surface area contributed by atoms with Crippen LogP contribution in [0, 0.1) is 5.92 Å². The second-order valence-electron chi connectivity index (χ2n) is 5.07. The summed E-state index contributed by atoms with van der Waals surface area (Å²) >= 11 is 0. The second-order valence-corrected chi connectivity index (χ2v) is 5.07. The lowest BCUT2D eigenvalue weighted by Gasteiger charge is -2.17. The molecular formula is C15H24N2O2. The maximum Gasteiger partial charge on any atom is 0.258 e. The van der Waals surface area contributed by atoms with Gasteiger partial charge >= 0.3 is 0 Å². The molecule has 1 aromatic rings. The van der Waals surface area contributed by atoms with E-state index in [1.165, 1.54) is 0 Å². The predicted molar refractivity (Wildman–Crippen MR) is 77.1 cm³/mol. The molecule has 106 valence electrons. The van der Waals surface area contributed by atoms with E-state index in [4.69, 9.17) is 10.5 Å². The van der Waals surface area contributed by atoms with Crippen molar-refractivity contribution in [2.24, 2.45) is 11.7 Å². The van der Waals surface area contributed by atoms with Gasteiger partial charge in [0.25, 0.3) is 5.91 Å². The van der Waals surface area contributed by atoms with Crippen molar-refractivity contribution in [2.75, 3.05) is 13.2 Å². The van der Waals surface area contributed by atoms with Gasteiger partial charge in [-0.3, -0.25) is 4.79 Å². The summed E-state index contributed by atoms with van der Waals surface area (Å²) in [5.41, 5.74) is 6.63. The lowest BCUT2D eigenvalue weighted by molar-refractivity contribution is -0.124. The molecule has 1 amide bonds. The summed E-state index contributed by atoms with van der Waals surface area (Å²) < 4.78 is 5.48. The molecule has 3 N–H and O–H groups in total. The second kappa shape index (κ2) is 7.79. The number of hydrogen-bond acceptors (Lipinski definition) is 3. The number of benzene rings is 1. The van der Waals surface area contributed by atoms with E-state index in [9.17, 15) is 4.79 Å². The van der Waals surface area contributed by atoms with E-state index in [0.717, 1.165) is 12.0 Å². The average molecular weight is 264 g/mol. The third kappa shape index (κ3) is 5.75. The van der Waals surface area contributed by atoms with E-state index in [2.05, 4.69) is 19.2 Å². The first-order valence-electron chi connectivity index (χ1n) is 6.74. The third-order valence-electron chi connectivity index (χ3n) is 3.09. The first-order valence-corrected chi connectivity index (χ1v) is 6.74. The summed E-state index contributed by atoms with van der Waals surface area (Å²) in [6.45, 7) is 6.79. The van der Waals surface area contributed by atoms with Crippen molar-refractivity contribution in [1.82, 2.24) is 5.32 Å². The van der Waals surface area contributed by atoms with Gasteiger partial charge in [-0.1, -0.05) is 26.0 Å². The number of rotatable bonds is 7. The highest BCUT2D eigenvalue weighted by molar-refractivity contribution is 5.77. The van der Waals surface area contributed by atoms with Crippen LogP contribution in [0.5, 0.6) is 5.75 Å². The zero-order chi connectivity index (χ0) is 14.3. The standard InChI is InChI=1S/C15H24N2O2/c1-11(2)12(3)17-15(18)10-19-14-6-4-5-13(9-14)7-8-16/h4-6,9,11-12H,7-8,10,16H2,1-3H3,(H,17,18). The molecule has 0 saturated carbocycles. The third-order valence-corrected chi connectivity index (χ3v) is 3.09. The quantitative estimate of drug-likeness (QED) is 0.788. The molecule has 19 heavy (non-hydrogen) atoms. The first-order chi connectivity index (χ1) is 9.02. The van der Waals surface area contributed by atoms with Crippen molar-refractivity contribution in [1.29, 1.82) is 0 Å². The van der Waals surface area contributed by atoms with Crippen LogP contribution in [0.15, 0.2) is 24.3 Å². The highest BCUT2D eigenvalue weighted by Crippen LogP contribution is 2.13. The average Bonchev–Trinajstić information content (AvgIpc) is 2.37. The van der Waals surface area contributed by atoms with E-state index in [0.29, 0.717) is 18.2 Å². The van der Waals surface area contributed by atoms with Crippen molar-refractivity contribution in [3.05, 3.63) is 29.8 Å². The largest absolute Gasteiger partial charge is 0.484 e. The smallest absolute Gasteiger partial charge is 0.258 e. The van der Waals surface area contributed by atoms with Crippen molar-refractivity contribution in [3.8, 4) is 5.75 Å². The number of carbonyl (C=O) groups is 1. The summed E-state index contributed by atoms with van der Waals surface area (Å²) in [6.07, 6.45) is 0.813. The lowest BCUT2D eigenvalue weighted by Crippen LogP contribution is -2.38. The molecule has 0 fully saturated rings. The van der Waals surface area contributed by atoms with Gasteiger partial charge in [0.1, 0.15) is 5.75 Å². The Balaban J connectivity index is 2.43. The number of carbonyl (C=O) groups excluding carboxylic acids is 1. The van der Waals surface area contributed by atoms with Crippen LogP contribution in [0.25, 0.3) is 0 Å². The van der Waals surface area contributed by atoms with Crippen LogP contribution in [0.2, 0.25) is 0 Å². The summed E-state index contributed by atoms with van der Waals surface area (Å²) in [5, 5.41) is 2.91. The molecule has 0 spiro atoms. The maximum atomic E-state index is 11.7. The minimum absolute atomic E-state index is 0.0448. The van der Waals surface area contributed by atoms with Gasteiger partial charge in [-0.05, 0) is 43.5 Å². The molecule has 0 aliphatic carbocycles. The Bertz CT molecular complexity index is 405. The van der Waals surface area contributed by atoms with Crippen LogP contribution >= 0.6 is 0 Å². The van der Waals surface area contributed by atoms with Crippen molar-refractivity contribution in [2.45, 2.75) is 33.2 Å². The Hall–Kier alpha value is -1.55. The van der Waals surface area contributed by atoms with Gasteiger partial charge in [0, 0.05) is 6.04 Å².